The lowest BCUT2D eigenvalue weighted by atomic mass is 10.2. The van der Waals surface area contributed by atoms with Gasteiger partial charge in [-0.1, -0.05) is 0 Å². The van der Waals surface area contributed by atoms with Crippen LogP contribution in [0.5, 0.6) is 0 Å². The van der Waals surface area contributed by atoms with E-state index in [1.54, 1.807) is 5.32 Å². The minimum Gasteiger partial charge on any atom is -0.354 e. The lowest BCUT2D eigenvalue weighted by Crippen LogP contribution is -2.23. The number of hydrogen-bond donors (Lipinski definition) is 3. The Hall–Kier alpha value is -3.59. The summed E-state index contributed by atoms with van der Waals surface area (Å²) in [5.74, 6) is -1.70. The molecule has 0 aromatic carbocycles. The van der Waals surface area contributed by atoms with Gasteiger partial charge in [-0.15, -0.1) is 10.2 Å². The molecule has 0 bridgehead atoms. The van der Waals surface area contributed by atoms with Crippen LogP contribution in [0.4, 0.5) is 23.0 Å². The molecule has 2 aromatic rings. The maximum atomic E-state index is 12.5. The van der Waals surface area contributed by atoms with E-state index in [9.17, 15) is 18.0 Å². The van der Waals surface area contributed by atoms with Crippen molar-refractivity contribution in [1.82, 2.24) is 20.5 Å². The molecule has 11 nitrogen and oxygen atoms in total. The van der Waals surface area contributed by atoms with Crippen LogP contribution in [-0.2, 0) is 14.6 Å². The quantitative estimate of drug-likeness (QED) is 0.570. The summed E-state index contributed by atoms with van der Waals surface area (Å²) in [7, 11) is -3.85. The Morgan fingerprint density at radius 3 is 2.71 bits per heavy atom. The third-order valence-corrected chi connectivity index (χ3v) is 6.50. The first kappa shape index (κ1) is 17.1. The number of nitrogens with one attached hydrogen (secondary N) is 3. The van der Waals surface area contributed by atoms with Crippen molar-refractivity contribution in [2.75, 3.05) is 23.9 Å². The fourth-order valence-corrected chi connectivity index (χ4v) is 4.21. The lowest BCUT2D eigenvalue weighted by Gasteiger charge is -2.14. The molecule has 160 valence electrons. The molecule has 0 aliphatic heterocycles. The monoisotopic (exact) mass is 444 g/mol. The Labute approximate surface area is 182 Å². The second-order valence-electron chi connectivity index (χ2n) is 7.60. The third kappa shape index (κ3) is 4.04. The molecule has 2 aliphatic rings. The van der Waals surface area contributed by atoms with Crippen LogP contribution >= 0.6 is 0 Å². The fraction of sp³-hybridized carbons (Fsp3) is 0.368. The van der Waals surface area contributed by atoms with Gasteiger partial charge in [0.05, 0.1) is 17.2 Å². The second-order valence-corrected chi connectivity index (χ2v) is 9.59. The average molecular weight is 444 g/mol. The van der Waals surface area contributed by atoms with E-state index in [0.717, 1.165) is 37.8 Å². The Kier molecular flexibility index (Phi) is 4.02. The molecule has 12 heteroatoms. The summed E-state index contributed by atoms with van der Waals surface area (Å²) in [6.45, 7) is 4.26. The summed E-state index contributed by atoms with van der Waals surface area (Å²) in [4.78, 5) is 31.8. The lowest BCUT2D eigenvalue weighted by molar-refractivity contribution is -0.117. The molecule has 3 N–H and O–H groups in total. The average Bonchev–Trinajstić information content (AvgIpc) is 3.65. The number of amides is 2. The molecular formula is C19H19N7O4S. The SMILES string of the molecule is [2H]C([2H])([2H])NC(=O)c1nnc(NC(=O)[C@H]2CC23CC3)cc1Nc1ncc([N+]#[C-])cc1S(C)(=O)=O. The summed E-state index contributed by atoms with van der Waals surface area (Å²) in [6.07, 6.45) is 4.85. The first-order valence-corrected chi connectivity index (χ1v) is 11.1. The molecule has 1 atom stereocenters. The number of aromatic nitrogens is 3. The van der Waals surface area contributed by atoms with Crippen molar-refractivity contribution in [3.63, 3.8) is 0 Å². The Bertz CT molecular complexity index is 1350. The molecule has 2 aromatic heterocycles. The van der Waals surface area contributed by atoms with E-state index in [2.05, 4.69) is 30.7 Å². The molecule has 2 amide bonds. The van der Waals surface area contributed by atoms with Crippen molar-refractivity contribution in [3.05, 3.63) is 35.4 Å². The van der Waals surface area contributed by atoms with Gasteiger partial charge >= 0.3 is 0 Å². The molecule has 1 spiro atoms. The van der Waals surface area contributed by atoms with E-state index in [0.29, 0.717) is 0 Å². The van der Waals surface area contributed by atoms with Crippen molar-refractivity contribution in [2.24, 2.45) is 11.3 Å². The topological polar surface area (TPSA) is 147 Å². The Morgan fingerprint density at radius 2 is 2.10 bits per heavy atom. The number of hydrogen-bond acceptors (Lipinski definition) is 8. The molecule has 2 aliphatic carbocycles. The molecular weight excluding hydrogens is 422 g/mol. The van der Waals surface area contributed by atoms with Crippen LogP contribution < -0.4 is 16.0 Å². The van der Waals surface area contributed by atoms with Crippen LogP contribution in [-0.4, -0.2) is 48.6 Å². The van der Waals surface area contributed by atoms with E-state index in [-0.39, 0.29) is 45.1 Å². The van der Waals surface area contributed by atoms with Gasteiger partial charge < -0.3 is 16.0 Å². The molecule has 2 heterocycles. The first-order chi connectivity index (χ1) is 15.8. The zero-order valence-corrected chi connectivity index (χ0v) is 17.1. The number of pyridine rings is 1. The van der Waals surface area contributed by atoms with E-state index in [1.165, 1.54) is 6.07 Å². The molecule has 4 rings (SSSR count). The molecule has 0 unspecified atom stereocenters. The summed E-state index contributed by atoms with van der Waals surface area (Å²) in [5, 5.41) is 14.6. The number of anilines is 3. The van der Waals surface area contributed by atoms with Gasteiger partial charge in [0.1, 0.15) is 5.82 Å². The standard InChI is InChI=1S/C19H19N7O4S/c1-20-10-6-13(31(3,29)30)16(22-9-10)23-12-7-14(25-26-15(12)18(28)21-2)24-17(27)11-8-19(11)4-5-19/h6-7,9,11H,4-5,8H2,2-3H3,(H,21,28)(H2,22,23,24,25,27)/t11-/m1/s1/i2D3. The van der Waals surface area contributed by atoms with Gasteiger partial charge in [-0.05, 0) is 30.7 Å². The van der Waals surface area contributed by atoms with Gasteiger partial charge in [0.25, 0.3) is 5.91 Å². The minimum absolute atomic E-state index is 0.0145. The van der Waals surface area contributed by atoms with E-state index in [1.807, 2.05) is 0 Å². The zero-order chi connectivity index (χ0) is 24.9. The Morgan fingerprint density at radius 1 is 1.32 bits per heavy atom. The van der Waals surface area contributed by atoms with Crippen LogP contribution in [0.3, 0.4) is 0 Å². The number of nitrogens with zero attached hydrogens (tertiary/aromatic N) is 4. The second kappa shape index (κ2) is 7.28. The maximum absolute atomic E-state index is 12.5. The van der Waals surface area contributed by atoms with Crippen molar-refractivity contribution in [3.8, 4) is 0 Å². The zero-order valence-electron chi connectivity index (χ0n) is 19.3. The molecule has 0 saturated heterocycles. The van der Waals surface area contributed by atoms with Gasteiger partial charge in [-0.25, -0.2) is 18.2 Å². The van der Waals surface area contributed by atoms with Gasteiger partial charge in [-0.2, -0.15) is 0 Å². The highest BCUT2D eigenvalue weighted by molar-refractivity contribution is 7.90. The van der Waals surface area contributed by atoms with Gasteiger partial charge in [-0.3, -0.25) is 9.59 Å². The summed E-state index contributed by atoms with van der Waals surface area (Å²) >= 11 is 0. The number of sulfone groups is 1. The summed E-state index contributed by atoms with van der Waals surface area (Å²) in [6, 6.07) is 2.34. The van der Waals surface area contributed by atoms with E-state index < -0.39 is 28.4 Å². The highest BCUT2D eigenvalue weighted by Crippen LogP contribution is 2.70. The largest absolute Gasteiger partial charge is 0.354 e. The summed E-state index contributed by atoms with van der Waals surface area (Å²) in [5.41, 5.74) is -0.533. The highest BCUT2D eigenvalue weighted by Gasteiger charge is 2.65. The predicted octanol–water partition coefficient (Wildman–Crippen LogP) is 1.67. The van der Waals surface area contributed by atoms with Gasteiger partial charge in [0.15, 0.2) is 21.3 Å². The molecule has 0 radical (unpaired) electrons. The molecule has 31 heavy (non-hydrogen) atoms. The molecule has 2 fully saturated rings. The van der Waals surface area contributed by atoms with Gasteiger partial charge in [0, 0.05) is 35.5 Å². The highest BCUT2D eigenvalue weighted by atomic mass is 32.2. The number of carbonyl (C=O) groups excluding carboxylic acids is 2. The van der Waals surface area contributed by atoms with Crippen molar-refractivity contribution in [2.45, 2.75) is 24.2 Å². The van der Waals surface area contributed by atoms with Crippen LogP contribution in [0.1, 0.15) is 33.9 Å². The third-order valence-electron chi connectivity index (χ3n) is 5.39. The first-order valence-electron chi connectivity index (χ1n) is 10.7. The minimum atomic E-state index is -3.85. The van der Waals surface area contributed by atoms with Crippen LogP contribution in [0.15, 0.2) is 23.2 Å². The predicted molar refractivity (Wildman–Crippen MR) is 111 cm³/mol. The molecule has 2 saturated carbocycles. The maximum Gasteiger partial charge on any atom is 0.273 e. The van der Waals surface area contributed by atoms with Crippen LogP contribution in [0.25, 0.3) is 4.85 Å². The smallest absolute Gasteiger partial charge is 0.273 e. The van der Waals surface area contributed by atoms with E-state index >= 15 is 0 Å². The fourth-order valence-electron chi connectivity index (χ4n) is 3.42. The number of carbonyl (C=O) groups is 2. The normalized spacial score (nSPS) is 19.9. The van der Waals surface area contributed by atoms with Crippen molar-refractivity contribution < 1.29 is 22.1 Å². The van der Waals surface area contributed by atoms with Crippen molar-refractivity contribution >= 4 is 44.7 Å². The van der Waals surface area contributed by atoms with Crippen LogP contribution in [0, 0.1) is 17.9 Å². The van der Waals surface area contributed by atoms with E-state index in [4.69, 9.17) is 10.7 Å². The Balaban J connectivity index is 1.70. The summed E-state index contributed by atoms with van der Waals surface area (Å²) < 4.78 is 46.3. The van der Waals surface area contributed by atoms with Crippen LogP contribution in [0.2, 0.25) is 0 Å². The number of rotatable bonds is 6. The van der Waals surface area contributed by atoms with Crippen molar-refractivity contribution in [1.29, 1.82) is 0 Å². The van der Waals surface area contributed by atoms with Gasteiger partial charge in [0.2, 0.25) is 11.6 Å².